The number of nitrogens with one attached hydrogen (secondary N) is 2. The molecular weight excluding hydrogens is 270 g/mol. The van der Waals surface area contributed by atoms with Crippen LogP contribution in [0, 0.1) is 6.92 Å². The van der Waals surface area contributed by atoms with Crippen molar-refractivity contribution in [1.29, 1.82) is 0 Å². The summed E-state index contributed by atoms with van der Waals surface area (Å²) in [7, 11) is 0. The van der Waals surface area contributed by atoms with Gasteiger partial charge in [-0.25, -0.2) is 0 Å². The van der Waals surface area contributed by atoms with Crippen molar-refractivity contribution in [3.8, 4) is 0 Å². The fraction of sp³-hybridized carbons (Fsp3) is 0.267. The second-order valence-electron chi connectivity index (χ2n) is 4.54. The Balaban J connectivity index is 2.06. The predicted molar refractivity (Wildman–Crippen MR) is 85.2 cm³/mol. The third-order valence-corrected chi connectivity index (χ3v) is 4.08. The van der Waals surface area contributed by atoms with Crippen LogP contribution in [0.2, 0.25) is 0 Å². The monoisotopic (exact) mass is 289 g/mol. The Labute approximate surface area is 123 Å². The summed E-state index contributed by atoms with van der Waals surface area (Å²) in [5.41, 5.74) is 9.30. The SMILES string of the molecule is CCNC(=O)c1ccc(NCc2sccc2C)c(N)c1. The summed E-state index contributed by atoms with van der Waals surface area (Å²) < 4.78 is 0. The maximum absolute atomic E-state index is 11.7. The molecule has 0 saturated heterocycles. The van der Waals surface area contributed by atoms with E-state index in [-0.39, 0.29) is 5.91 Å². The van der Waals surface area contributed by atoms with Gasteiger partial charge in [0.25, 0.3) is 5.91 Å². The molecule has 0 unspecified atom stereocenters. The molecule has 4 N–H and O–H groups in total. The molecule has 1 amide bonds. The Kier molecular flexibility index (Phi) is 4.63. The summed E-state index contributed by atoms with van der Waals surface area (Å²) in [5.74, 6) is -0.0974. The van der Waals surface area contributed by atoms with Gasteiger partial charge in [-0.3, -0.25) is 4.79 Å². The van der Waals surface area contributed by atoms with E-state index in [4.69, 9.17) is 5.73 Å². The predicted octanol–water partition coefficient (Wildman–Crippen LogP) is 3.00. The molecule has 2 aromatic rings. The van der Waals surface area contributed by atoms with Gasteiger partial charge in [0.05, 0.1) is 11.4 Å². The summed E-state index contributed by atoms with van der Waals surface area (Å²) in [6, 6.07) is 7.44. The second-order valence-corrected chi connectivity index (χ2v) is 5.54. The van der Waals surface area contributed by atoms with E-state index in [1.165, 1.54) is 10.4 Å². The highest BCUT2D eigenvalue weighted by atomic mass is 32.1. The van der Waals surface area contributed by atoms with Gasteiger partial charge in [-0.15, -0.1) is 11.3 Å². The second kappa shape index (κ2) is 6.43. The molecule has 1 aromatic carbocycles. The number of rotatable bonds is 5. The lowest BCUT2D eigenvalue weighted by Crippen LogP contribution is -2.22. The highest BCUT2D eigenvalue weighted by Crippen LogP contribution is 2.23. The molecule has 0 saturated carbocycles. The fourth-order valence-corrected chi connectivity index (χ4v) is 2.73. The van der Waals surface area contributed by atoms with Crippen LogP contribution in [0.25, 0.3) is 0 Å². The first-order valence-corrected chi connectivity index (χ1v) is 7.44. The molecule has 0 aliphatic carbocycles. The van der Waals surface area contributed by atoms with Crippen LogP contribution in [0.15, 0.2) is 29.6 Å². The summed E-state index contributed by atoms with van der Waals surface area (Å²) >= 11 is 1.72. The number of hydrogen-bond acceptors (Lipinski definition) is 4. The van der Waals surface area contributed by atoms with E-state index < -0.39 is 0 Å². The van der Waals surface area contributed by atoms with Crippen LogP contribution >= 0.6 is 11.3 Å². The van der Waals surface area contributed by atoms with Gasteiger partial charge < -0.3 is 16.4 Å². The van der Waals surface area contributed by atoms with Crippen molar-refractivity contribution < 1.29 is 4.79 Å². The van der Waals surface area contributed by atoms with Crippen LogP contribution in [0.5, 0.6) is 0 Å². The molecule has 20 heavy (non-hydrogen) atoms. The van der Waals surface area contributed by atoms with Crippen LogP contribution in [0.4, 0.5) is 11.4 Å². The molecule has 1 heterocycles. The number of nitrogens with two attached hydrogens (primary N) is 1. The molecule has 5 heteroatoms. The number of benzene rings is 1. The van der Waals surface area contributed by atoms with E-state index >= 15 is 0 Å². The minimum atomic E-state index is -0.0974. The number of carbonyl (C=O) groups excluding carboxylic acids is 1. The van der Waals surface area contributed by atoms with Crippen LogP contribution in [-0.2, 0) is 6.54 Å². The van der Waals surface area contributed by atoms with E-state index in [1.807, 2.05) is 13.0 Å². The van der Waals surface area contributed by atoms with Crippen LogP contribution in [0.1, 0.15) is 27.7 Å². The number of hydrogen-bond donors (Lipinski definition) is 3. The first kappa shape index (κ1) is 14.4. The molecule has 0 aliphatic rings. The minimum Gasteiger partial charge on any atom is -0.397 e. The van der Waals surface area contributed by atoms with Gasteiger partial charge in [-0.2, -0.15) is 0 Å². The highest BCUT2D eigenvalue weighted by molar-refractivity contribution is 7.10. The largest absolute Gasteiger partial charge is 0.397 e. The van der Waals surface area contributed by atoms with Gasteiger partial charge >= 0.3 is 0 Å². The Morgan fingerprint density at radius 1 is 1.35 bits per heavy atom. The molecule has 0 radical (unpaired) electrons. The number of thiophene rings is 1. The molecule has 0 bridgehead atoms. The fourth-order valence-electron chi connectivity index (χ4n) is 1.89. The van der Waals surface area contributed by atoms with Crippen molar-refractivity contribution in [2.45, 2.75) is 20.4 Å². The number of amides is 1. The van der Waals surface area contributed by atoms with Gasteiger partial charge in [0.2, 0.25) is 0 Å². The Hall–Kier alpha value is -2.01. The molecule has 0 fully saturated rings. The Morgan fingerprint density at radius 2 is 2.15 bits per heavy atom. The van der Waals surface area contributed by atoms with Crippen molar-refractivity contribution in [3.05, 3.63) is 45.6 Å². The topological polar surface area (TPSA) is 67.2 Å². The van der Waals surface area contributed by atoms with Crippen molar-refractivity contribution in [3.63, 3.8) is 0 Å². The van der Waals surface area contributed by atoms with Gasteiger partial charge in [-0.1, -0.05) is 0 Å². The first-order valence-electron chi connectivity index (χ1n) is 6.56. The molecular formula is C15H19N3OS. The third kappa shape index (κ3) is 3.30. The summed E-state index contributed by atoms with van der Waals surface area (Å²) in [4.78, 5) is 13.0. The molecule has 4 nitrogen and oxygen atoms in total. The zero-order valence-electron chi connectivity index (χ0n) is 11.7. The minimum absolute atomic E-state index is 0.0974. The van der Waals surface area contributed by atoms with Crippen LogP contribution in [0.3, 0.4) is 0 Å². The smallest absolute Gasteiger partial charge is 0.251 e. The number of anilines is 2. The Morgan fingerprint density at radius 3 is 2.75 bits per heavy atom. The summed E-state index contributed by atoms with van der Waals surface area (Å²) in [5, 5.41) is 8.14. The van der Waals surface area contributed by atoms with Crippen molar-refractivity contribution in [1.82, 2.24) is 5.32 Å². The average molecular weight is 289 g/mol. The number of carbonyl (C=O) groups is 1. The van der Waals surface area contributed by atoms with Crippen LogP contribution < -0.4 is 16.4 Å². The highest BCUT2D eigenvalue weighted by Gasteiger charge is 2.07. The quantitative estimate of drug-likeness (QED) is 0.741. The lowest BCUT2D eigenvalue weighted by Gasteiger charge is -2.10. The molecule has 0 aliphatic heterocycles. The molecule has 0 atom stereocenters. The van der Waals surface area contributed by atoms with Gasteiger partial charge in [0.15, 0.2) is 0 Å². The molecule has 2 rings (SSSR count). The lowest BCUT2D eigenvalue weighted by atomic mass is 10.1. The average Bonchev–Trinajstić information content (AvgIpc) is 2.83. The Bertz CT molecular complexity index is 607. The van der Waals surface area contributed by atoms with Crippen molar-refractivity contribution in [2.24, 2.45) is 0 Å². The van der Waals surface area contributed by atoms with E-state index in [2.05, 4.69) is 29.0 Å². The van der Waals surface area contributed by atoms with Crippen molar-refractivity contribution in [2.75, 3.05) is 17.6 Å². The van der Waals surface area contributed by atoms with Gasteiger partial charge in [-0.05, 0) is 49.1 Å². The van der Waals surface area contributed by atoms with E-state index in [0.29, 0.717) is 17.8 Å². The van der Waals surface area contributed by atoms with Gasteiger partial charge in [0.1, 0.15) is 0 Å². The van der Waals surface area contributed by atoms with E-state index in [0.717, 1.165) is 12.2 Å². The normalized spacial score (nSPS) is 10.3. The maximum atomic E-state index is 11.7. The summed E-state index contributed by atoms with van der Waals surface area (Å²) in [6.45, 7) is 5.33. The standard InChI is InChI=1S/C15H19N3OS/c1-3-17-15(19)11-4-5-13(12(16)8-11)18-9-14-10(2)6-7-20-14/h4-8,18H,3,9,16H2,1-2H3,(H,17,19). The molecule has 106 valence electrons. The number of nitrogen functional groups attached to an aromatic ring is 1. The summed E-state index contributed by atoms with van der Waals surface area (Å²) in [6.07, 6.45) is 0. The zero-order valence-corrected chi connectivity index (χ0v) is 12.5. The molecule has 1 aromatic heterocycles. The van der Waals surface area contributed by atoms with E-state index in [1.54, 1.807) is 23.5 Å². The van der Waals surface area contributed by atoms with Gasteiger partial charge in [0, 0.05) is 23.5 Å². The third-order valence-electron chi connectivity index (χ3n) is 3.06. The maximum Gasteiger partial charge on any atom is 0.251 e. The molecule has 0 spiro atoms. The lowest BCUT2D eigenvalue weighted by molar-refractivity contribution is 0.0956. The number of aryl methyl sites for hydroxylation is 1. The van der Waals surface area contributed by atoms with E-state index in [9.17, 15) is 4.79 Å². The zero-order chi connectivity index (χ0) is 14.5. The first-order chi connectivity index (χ1) is 9.61. The van der Waals surface area contributed by atoms with Crippen molar-refractivity contribution >= 4 is 28.6 Å². The van der Waals surface area contributed by atoms with Crippen LogP contribution in [-0.4, -0.2) is 12.5 Å².